The van der Waals surface area contributed by atoms with Gasteiger partial charge in [-0.3, -0.25) is 4.79 Å². The number of β-amino-alcohol motifs (C(OH)–C–C–N with tert-alkyl or cyclic N) is 1. The van der Waals surface area contributed by atoms with E-state index in [9.17, 15) is 15.0 Å². The average molecular weight is 259 g/mol. The van der Waals surface area contributed by atoms with Gasteiger partial charge in [0.05, 0.1) is 6.10 Å². The van der Waals surface area contributed by atoms with Crippen molar-refractivity contribution in [3.63, 3.8) is 0 Å². The van der Waals surface area contributed by atoms with Crippen molar-refractivity contribution in [1.29, 1.82) is 0 Å². The predicted octanol–water partition coefficient (Wildman–Crippen LogP) is 0.626. The second-order valence-corrected chi connectivity index (χ2v) is 5.25. The number of likely N-dealkylation sites (tertiary alicyclic amines) is 1. The molecule has 0 aliphatic carbocycles. The van der Waals surface area contributed by atoms with Crippen LogP contribution >= 0.6 is 0 Å². The van der Waals surface area contributed by atoms with E-state index in [1.807, 2.05) is 0 Å². The Bertz CT molecular complexity index is 542. The van der Waals surface area contributed by atoms with Gasteiger partial charge >= 0.3 is 0 Å². The van der Waals surface area contributed by atoms with Crippen molar-refractivity contribution in [3.05, 3.63) is 35.4 Å². The molecular formula is C15H17NO3. The number of hydrogen-bond acceptors (Lipinski definition) is 3. The third-order valence-electron chi connectivity index (χ3n) is 2.77. The number of carbonyl (C=O) groups is 1. The summed E-state index contributed by atoms with van der Waals surface area (Å²) in [5, 5.41) is 18.7. The van der Waals surface area contributed by atoms with E-state index in [0.29, 0.717) is 24.2 Å². The molecular weight excluding hydrogens is 242 g/mol. The van der Waals surface area contributed by atoms with Gasteiger partial charge in [-0.1, -0.05) is 17.9 Å². The van der Waals surface area contributed by atoms with Crippen LogP contribution in [-0.4, -0.2) is 45.8 Å². The third-order valence-corrected chi connectivity index (χ3v) is 2.77. The minimum absolute atomic E-state index is 0.0998. The molecule has 19 heavy (non-hydrogen) atoms. The molecule has 4 heteroatoms. The lowest BCUT2D eigenvalue weighted by atomic mass is 10.1. The molecule has 0 unspecified atom stereocenters. The van der Waals surface area contributed by atoms with Gasteiger partial charge in [0.25, 0.3) is 5.91 Å². The van der Waals surface area contributed by atoms with Crippen molar-refractivity contribution < 1.29 is 15.0 Å². The first-order valence-electron chi connectivity index (χ1n) is 6.18. The largest absolute Gasteiger partial charge is 0.389 e. The first kappa shape index (κ1) is 13.6. The highest BCUT2D eigenvalue weighted by Crippen LogP contribution is 2.14. The SMILES string of the molecule is CC(C)(O)C#Cc1cccc(C(=O)N2CC(O)C2)c1. The second-order valence-electron chi connectivity index (χ2n) is 5.25. The van der Waals surface area contributed by atoms with Gasteiger partial charge in [-0.25, -0.2) is 0 Å². The van der Waals surface area contributed by atoms with Crippen molar-refractivity contribution in [2.24, 2.45) is 0 Å². The predicted molar refractivity (Wildman–Crippen MR) is 71.5 cm³/mol. The molecule has 0 atom stereocenters. The van der Waals surface area contributed by atoms with E-state index in [1.165, 1.54) is 0 Å². The summed E-state index contributed by atoms with van der Waals surface area (Å²) in [4.78, 5) is 13.6. The Labute approximate surface area is 112 Å². The van der Waals surface area contributed by atoms with Crippen LogP contribution in [0.4, 0.5) is 0 Å². The number of aliphatic hydroxyl groups is 2. The van der Waals surface area contributed by atoms with Crippen LogP contribution in [0.3, 0.4) is 0 Å². The zero-order chi connectivity index (χ0) is 14.0. The Morgan fingerprint density at radius 1 is 1.42 bits per heavy atom. The Morgan fingerprint density at radius 3 is 2.68 bits per heavy atom. The molecule has 0 bridgehead atoms. The van der Waals surface area contributed by atoms with Crippen LogP contribution in [0.1, 0.15) is 29.8 Å². The summed E-state index contributed by atoms with van der Waals surface area (Å²) < 4.78 is 0. The Morgan fingerprint density at radius 2 is 2.11 bits per heavy atom. The zero-order valence-corrected chi connectivity index (χ0v) is 11.1. The number of nitrogens with zero attached hydrogens (tertiary/aromatic N) is 1. The van der Waals surface area contributed by atoms with Crippen LogP contribution in [0.2, 0.25) is 0 Å². The van der Waals surface area contributed by atoms with Crippen LogP contribution in [-0.2, 0) is 0 Å². The smallest absolute Gasteiger partial charge is 0.254 e. The minimum atomic E-state index is -1.05. The topological polar surface area (TPSA) is 60.8 Å². The van der Waals surface area contributed by atoms with Crippen molar-refractivity contribution in [3.8, 4) is 11.8 Å². The van der Waals surface area contributed by atoms with Crippen LogP contribution in [0.5, 0.6) is 0 Å². The summed E-state index contributed by atoms with van der Waals surface area (Å²) in [5.74, 6) is 5.45. The zero-order valence-electron chi connectivity index (χ0n) is 11.1. The first-order valence-corrected chi connectivity index (χ1v) is 6.18. The second kappa shape index (κ2) is 5.04. The van der Waals surface area contributed by atoms with E-state index in [2.05, 4.69) is 11.8 Å². The summed E-state index contributed by atoms with van der Waals surface area (Å²) in [6.45, 7) is 3.99. The number of rotatable bonds is 1. The molecule has 0 radical (unpaired) electrons. The molecule has 4 nitrogen and oxygen atoms in total. The van der Waals surface area contributed by atoms with Crippen LogP contribution in [0, 0.1) is 11.8 Å². The van der Waals surface area contributed by atoms with Crippen LogP contribution < -0.4 is 0 Å². The lowest BCUT2D eigenvalue weighted by Gasteiger charge is -2.35. The van der Waals surface area contributed by atoms with Gasteiger partial charge in [0, 0.05) is 24.2 Å². The summed E-state index contributed by atoms with van der Waals surface area (Å²) in [5.41, 5.74) is 0.185. The highest BCUT2D eigenvalue weighted by Gasteiger charge is 2.29. The van der Waals surface area contributed by atoms with E-state index in [0.717, 1.165) is 0 Å². The van der Waals surface area contributed by atoms with E-state index in [1.54, 1.807) is 43.0 Å². The normalized spacial score (nSPS) is 15.5. The molecule has 1 aromatic rings. The van der Waals surface area contributed by atoms with E-state index in [4.69, 9.17) is 0 Å². The van der Waals surface area contributed by atoms with Gasteiger partial charge in [0.2, 0.25) is 0 Å². The van der Waals surface area contributed by atoms with Crippen molar-refractivity contribution in [2.75, 3.05) is 13.1 Å². The molecule has 1 amide bonds. The molecule has 0 spiro atoms. The maximum atomic E-state index is 12.0. The van der Waals surface area contributed by atoms with Crippen LogP contribution in [0.15, 0.2) is 24.3 Å². The summed E-state index contributed by atoms with van der Waals surface area (Å²) in [7, 11) is 0. The number of carbonyl (C=O) groups excluding carboxylic acids is 1. The third kappa shape index (κ3) is 3.57. The fraction of sp³-hybridized carbons (Fsp3) is 0.400. The first-order chi connectivity index (χ1) is 8.85. The average Bonchev–Trinajstić information content (AvgIpc) is 2.31. The number of hydrogen-bond donors (Lipinski definition) is 2. The monoisotopic (exact) mass is 259 g/mol. The van der Waals surface area contributed by atoms with E-state index in [-0.39, 0.29) is 5.91 Å². The molecule has 2 N–H and O–H groups in total. The van der Waals surface area contributed by atoms with Crippen LogP contribution in [0.25, 0.3) is 0 Å². The molecule has 1 aliphatic heterocycles. The minimum Gasteiger partial charge on any atom is -0.389 e. The van der Waals surface area contributed by atoms with Gasteiger partial charge in [0.1, 0.15) is 5.60 Å². The molecule has 1 fully saturated rings. The Kier molecular flexibility index (Phi) is 3.61. The van der Waals surface area contributed by atoms with Gasteiger partial charge < -0.3 is 15.1 Å². The summed E-state index contributed by atoms with van der Waals surface area (Å²) in [6, 6.07) is 6.98. The standard InChI is InChI=1S/C15H17NO3/c1-15(2,19)7-6-11-4-3-5-12(8-11)14(18)16-9-13(17)10-16/h3-5,8,13,17,19H,9-10H2,1-2H3. The molecule has 0 aromatic heterocycles. The Balaban J connectivity index is 2.15. The maximum absolute atomic E-state index is 12.0. The maximum Gasteiger partial charge on any atom is 0.254 e. The van der Waals surface area contributed by atoms with Gasteiger partial charge in [0.15, 0.2) is 0 Å². The van der Waals surface area contributed by atoms with Crippen molar-refractivity contribution in [1.82, 2.24) is 4.90 Å². The molecule has 1 aliphatic rings. The van der Waals surface area contributed by atoms with Crippen molar-refractivity contribution >= 4 is 5.91 Å². The Hall–Kier alpha value is -1.83. The van der Waals surface area contributed by atoms with Gasteiger partial charge in [-0.05, 0) is 32.0 Å². The highest BCUT2D eigenvalue weighted by atomic mass is 16.3. The number of benzene rings is 1. The van der Waals surface area contributed by atoms with E-state index >= 15 is 0 Å². The fourth-order valence-corrected chi connectivity index (χ4v) is 1.76. The van der Waals surface area contributed by atoms with Gasteiger partial charge in [-0.2, -0.15) is 0 Å². The van der Waals surface area contributed by atoms with Crippen molar-refractivity contribution in [2.45, 2.75) is 25.6 Å². The quantitative estimate of drug-likeness (QED) is 0.727. The highest BCUT2D eigenvalue weighted by molar-refractivity contribution is 5.95. The number of aliphatic hydroxyl groups excluding tert-OH is 1. The summed E-state index contributed by atoms with van der Waals surface area (Å²) in [6.07, 6.45) is -0.401. The number of amides is 1. The molecule has 1 heterocycles. The molecule has 0 saturated carbocycles. The summed E-state index contributed by atoms with van der Waals surface area (Å²) >= 11 is 0. The lowest BCUT2D eigenvalue weighted by molar-refractivity contribution is 0.00589. The molecule has 100 valence electrons. The molecule has 1 aromatic carbocycles. The van der Waals surface area contributed by atoms with Gasteiger partial charge in [-0.15, -0.1) is 0 Å². The lowest BCUT2D eigenvalue weighted by Crippen LogP contribution is -2.53. The van der Waals surface area contributed by atoms with E-state index < -0.39 is 11.7 Å². The molecule has 2 rings (SSSR count). The molecule has 1 saturated heterocycles. The fourth-order valence-electron chi connectivity index (χ4n) is 1.76.